The molecule has 2 aromatic rings. The van der Waals surface area contributed by atoms with Crippen LogP contribution in [0, 0.1) is 6.92 Å². The fourth-order valence-electron chi connectivity index (χ4n) is 1.85. The smallest absolute Gasteiger partial charge is 0.183 e. The van der Waals surface area contributed by atoms with Crippen molar-refractivity contribution in [3.63, 3.8) is 0 Å². The fourth-order valence-corrected chi connectivity index (χ4v) is 2.65. The maximum atomic E-state index is 10.9. The Morgan fingerprint density at radius 1 is 1.38 bits per heavy atom. The standard InChI is InChI=1S/C14H16N2O4S/c1-8-12(13(17)18)21-14(16-8)15-7-9-6-10(19-2)4-5-11(9)20-3/h4-6H,7H2,1-3H3,(H,15,16)(H,17,18)/p-1. The van der Waals surface area contributed by atoms with Crippen LogP contribution >= 0.6 is 11.3 Å². The molecule has 1 N–H and O–H groups in total. The number of anilines is 1. The Labute approximate surface area is 126 Å². The highest BCUT2D eigenvalue weighted by Crippen LogP contribution is 2.26. The van der Waals surface area contributed by atoms with Crippen LogP contribution in [0.4, 0.5) is 5.13 Å². The molecule has 0 spiro atoms. The van der Waals surface area contributed by atoms with E-state index >= 15 is 0 Å². The zero-order valence-corrected chi connectivity index (χ0v) is 12.7. The van der Waals surface area contributed by atoms with Crippen LogP contribution in [-0.4, -0.2) is 25.2 Å². The zero-order valence-electron chi connectivity index (χ0n) is 11.9. The summed E-state index contributed by atoms with van der Waals surface area (Å²) in [6.45, 7) is 2.08. The minimum Gasteiger partial charge on any atom is -0.544 e. The molecule has 1 aromatic heterocycles. The van der Waals surface area contributed by atoms with Gasteiger partial charge >= 0.3 is 0 Å². The monoisotopic (exact) mass is 307 g/mol. The first-order chi connectivity index (χ1) is 10.0. The van der Waals surface area contributed by atoms with Crippen molar-refractivity contribution in [2.24, 2.45) is 0 Å². The van der Waals surface area contributed by atoms with Crippen molar-refractivity contribution >= 4 is 22.4 Å². The third-order valence-corrected chi connectivity index (χ3v) is 3.99. The topological polar surface area (TPSA) is 83.5 Å². The lowest BCUT2D eigenvalue weighted by atomic mass is 10.2. The van der Waals surface area contributed by atoms with Crippen LogP contribution in [0.2, 0.25) is 0 Å². The quantitative estimate of drug-likeness (QED) is 0.869. The Kier molecular flexibility index (Phi) is 4.64. The minimum atomic E-state index is -1.21. The van der Waals surface area contributed by atoms with Crippen molar-refractivity contribution < 1.29 is 19.4 Å². The number of rotatable bonds is 6. The van der Waals surface area contributed by atoms with E-state index in [1.54, 1.807) is 21.1 Å². The van der Waals surface area contributed by atoms with Crippen molar-refractivity contribution in [1.82, 2.24) is 4.98 Å². The highest BCUT2D eigenvalue weighted by Gasteiger charge is 2.10. The molecule has 0 unspecified atom stereocenters. The maximum absolute atomic E-state index is 10.9. The number of nitrogens with zero attached hydrogens (tertiary/aromatic N) is 1. The summed E-state index contributed by atoms with van der Waals surface area (Å²) < 4.78 is 10.5. The molecule has 6 nitrogen and oxygen atoms in total. The molecule has 0 aliphatic carbocycles. The fraction of sp³-hybridized carbons (Fsp3) is 0.286. The molecule has 0 bridgehead atoms. The summed E-state index contributed by atoms with van der Waals surface area (Å²) >= 11 is 1.05. The van der Waals surface area contributed by atoms with Crippen molar-refractivity contribution in [2.45, 2.75) is 13.5 Å². The number of carboxylic acid groups (broad SMARTS) is 1. The molecule has 7 heteroatoms. The Bertz CT molecular complexity index is 654. The van der Waals surface area contributed by atoms with E-state index < -0.39 is 5.97 Å². The number of carboxylic acids is 1. The predicted molar refractivity (Wildman–Crippen MR) is 78.1 cm³/mol. The van der Waals surface area contributed by atoms with Gasteiger partial charge in [0.25, 0.3) is 0 Å². The molecule has 0 aliphatic heterocycles. The van der Waals surface area contributed by atoms with Gasteiger partial charge in [0, 0.05) is 12.1 Å². The third kappa shape index (κ3) is 3.43. The van der Waals surface area contributed by atoms with E-state index in [-0.39, 0.29) is 4.88 Å². The van der Waals surface area contributed by atoms with Crippen LogP contribution in [0.15, 0.2) is 18.2 Å². The Morgan fingerprint density at radius 2 is 2.14 bits per heavy atom. The molecule has 0 atom stereocenters. The Hall–Kier alpha value is -2.28. The first kappa shape index (κ1) is 15.1. The van der Waals surface area contributed by atoms with E-state index in [2.05, 4.69) is 10.3 Å². The van der Waals surface area contributed by atoms with E-state index in [1.807, 2.05) is 18.2 Å². The summed E-state index contributed by atoms with van der Waals surface area (Å²) in [7, 11) is 3.18. The highest BCUT2D eigenvalue weighted by atomic mass is 32.1. The largest absolute Gasteiger partial charge is 0.544 e. The summed E-state index contributed by atoms with van der Waals surface area (Å²) in [5.74, 6) is 0.229. The molecule has 1 aromatic carbocycles. The average Bonchev–Trinajstić information content (AvgIpc) is 2.86. The number of nitrogens with one attached hydrogen (secondary N) is 1. The maximum Gasteiger partial charge on any atom is 0.183 e. The van der Waals surface area contributed by atoms with Gasteiger partial charge in [-0.25, -0.2) is 4.98 Å². The average molecular weight is 307 g/mol. The number of aryl methyl sites for hydroxylation is 1. The SMILES string of the molecule is COc1ccc(OC)c(CNc2nc(C)c(C(=O)[O-])s2)c1. The number of carbonyl (C=O) groups excluding carboxylic acids is 1. The van der Waals surface area contributed by atoms with Gasteiger partial charge in [-0.05, 0) is 25.1 Å². The number of hydrogen-bond donors (Lipinski definition) is 1. The molecule has 0 amide bonds. The molecule has 2 rings (SSSR count). The number of ether oxygens (including phenoxy) is 2. The van der Waals surface area contributed by atoms with Crippen molar-refractivity contribution in [1.29, 1.82) is 0 Å². The van der Waals surface area contributed by atoms with Gasteiger partial charge in [-0.15, -0.1) is 0 Å². The van der Waals surface area contributed by atoms with Gasteiger partial charge in [0.2, 0.25) is 0 Å². The number of thiazole rings is 1. The number of aromatic carboxylic acids is 1. The molecule has 1 heterocycles. The van der Waals surface area contributed by atoms with Gasteiger partial charge in [0.15, 0.2) is 5.13 Å². The van der Waals surface area contributed by atoms with Gasteiger partial charge in [-0.1, -0.05) is 11.3 Å². The molecule has 112 valence electrons. The van der Waals surface area contributed by atoms with Crippen LogP contribution in [-0.2, 0) is 6.54 Å². The highest BCUT2D eigenvalue weighted by molar-refractivity contribution is 7.17. The number of methoxy groups -OCH3 is 2. The van der Waals surface area contributed by atoms with Gasteiger partial charge in [-0.3, -0.25) is 0 Å². The van der Waals surface area contributed by atoms with Crippen LogP contribution in [0.1, 0.15) is 20.9 Å². The van der Waals surface area contributed by atoms with Crippen LogP contribution in [0.3, 0.4) is 0 Å². The lowest BCUT2D eigenvalue weighted by molar-refractivity contribution is -0.254. The van der Waals surface area contributed by atoms with E-state index in [0.29, 0.717) is 17.4 Å². The second kappa shape index (κ2) is 6.45. The molecule has 0 saturated carbocycles. The van der Waals surface area contributed by atoms with Crippen LogP contribution in [0.25, 0.3) is 0 Å². The lowest BCUT2D eigenvalue weighted by Gasteiger charge is -2.10. The second-order valence-electron chi connectivity index (χ2n) is 4.25. The number of carbonyl (C=O) groups is 1. The van der Waals surface area contributed by atoms with Crippen LogP contribution < -0.4 is 19.9 Å². The van der Waals surface area contributed by atoms with Crippen LogP contribution in [0.5, 0.6) is 11.5 Å². The number of aromatic nitrogens is 1. The van der Waals surface area contributed by atoms with E-state index in [0.717, 1.165) is 28.4 Å². The first-order valence-corrected chi connectivity index (χ1v) is 7.00. The lowest BCUT2D eigenvalue weighted by Crippen LogP contribution is -2.21. The molecule has 0 fully saturated rings. The Balaban J connectivity index is 2.15. The van der Waals surface area contributed by atoms with Crippen molar-refractivity contribution in [2.75, 3.05) is 19.5 Å². The minimum absolute atomic E-state index is 0.134. The van der Waals surface area contributed by atoms with Crippen molar-refractivity contribution in [3.8, 4) is 11.5 Å². The second-order valence-corrected chi connectivity index (χ2v) is 5.25. The molecular formula is C14H15N2O4S-. The van der Waals surface area contributed by atoms with Gasteiger partial charge < -0.3 is 24.7 Å². The number of hydrogen-bond acceptors (Lipinski definition) is 7. The van der Waals surface area contributed by atoms with Gasteiger partial charge in [0.1, 0.15) is 11.5 Å². The third-order valence-electron chi connectivity index (χ3n) is 2.90. The Morgan fingerprint density at radius 3 is 2.71 bits per heavy atom. The van der Waals surface area contributed by atoms with E-state index in [1.165, 1.54) is 0 Å². The summed E-state index contributed by atoms with van der Waals surface area (Å²) in [4.78, 5) is 15.2. The first-order valence-electron chi connectivity index (χ1n) is 6.18. The molecule has 0 saturated heterocycles. The number of benzene rings is 1. The normalized spacial score (nSPS) is 10.2. The molecule has 0 radical (unpaired) electrons. The summed E-state index contributed by atoms with van der Waals surface area (Å²) in [5.41, 5.74) is 1.33. The van der Waals surface area contributed by atoms with Gasteiger partial charge in [0.05, 0.1) is 30.8 Å². The molecule has 21 heavy (non-hydrogen) atoms. The summed E-state index contributed by atoms with van der Waals surface area (Å²) in [6, 6.07) is 5.48. The molecular weight excluding hydrogens is 292 g/mol. The van der Waals surface area contributed by atoms with Gasteiger partial charge in [-0.2, -0.15) is 0 Å². The summed E-state index contributed by atoms with van der Waals surface area (Å²) in [5, 5.41) is 14.5. The molecule has 0 aliphatic rings. The zero-order chi connectivity index (χ0) is 15.4. The predicted octanol–water partition coefficient (Wildman–Crippen LogP) is 1.44. The van der Waals surface area contributed by atoms with E-state index in [4.69, 9.17) is 9.47 Å². The van der Waals surface area contributed by atoms with Crippen molar-refractivity contribution in [3.05, 3.63) is 34.3 Å². The van der Waals surface area contributed by atoms with E-state index in [9.17, 15) is 9.90 Å². The summed E-state index contributed by atoms with van der Waals surface area (Å²) in [6.07, 6.45) is 0.